The summed E-state index contributed by atoms with van der Waals surface area (Å²) in [6.07, 6.45) is 0.395. The van der Waals surface area contributed by atoms with Crippen molar-refractivity contribution in [2.75, 3.05) is 11.9 Å². The molecular formula is C20H15F3N2O2S. The summed E-state index contributed by atoms with van der Waals surface area (Å²) >= 11 is 1.26. The van der Waals surface area contributed by atoms with Crippen LogP contribution in [0.15, 0.2) is 60.0 Å². The minimum Gasteiger partial charge on any atom is -0.488 e. The number of nitrogens with one attached hydrogen (secondary N) is 1. The second kappa shape index (κ2) is 9.18. The van der Waals surface area contributed by atoms with Gasteiger partial charge in [-0.2, -0.15) is 0 Å². The van der Waals surface area contributed by atoms with E-state index in [9.17, 15) is 18.0 Å². The summed E-state index contributed by atoms with van der Waals surface area (Å²) < 4.78 is 42.1. The second-order valence-electron chi connectivity index (χ2n) is 5.64. The van der Waals surface area contributed by atoms with Gasteiger partial charge < -0.3 is 4.74 Å². The van der Waals surface area contributed by atoms with Gasteiger partial charge in [0.25, 0.3) is 6.43 Å². The molecule has 28 heavy (non-hydrogen) atoms. The molecule has 0 bridgehead atoms. The number of aromatic nitrogens is 1. The van der Waals surface area contributed by atoms with Crippen molar-refractivity contribution in [2.24, 2.45) is 0 Å². The molecule has 0 aliphatic carbocycles. The van der Waals surface area contributed by atoms with Crippen LogP contribution in [0.1, 0.15) is 5.56 Å². The Morgan fingerprint density at radius 3 is 2.54 bits per heavy atom. The van der Waals surface area contributed by atoms with Crippen molar-refractivity contribution in [1.82, 2.24) is 4.98 Å². The maximum Gasteiger partial charge on any atom is 0.272 e. The van der Waals surface area contributed by atoms with Crippen molar-refractivity contribution in [1.29, 1.82) is 0 Å². The lowest BCUT2D eigenvalue weighted by molar-refractivity contribution is -0.111. The first-order valence-corrected chi connectivity index (χ1v) is 9.09. The van der Waals surface area contributed by atoms with Crippen LogP contribution < -0.4 is 10.1 Å². The first-order chi connectivity index (χ1) is 13.5. The number of rotatable bonds is 7. The summed E-state index contributed by atoms with van der Waals surface area (Å²) in [7, 11) is 0. The van der Waals surface area contributed by atoms with Gasteiger partial charge in [-0.15, -0.1) is 11.3 Å². The fourth-order valence-corrected chi connectivity index (χ4v) is 2.96. The van der Waals surface area contributed by atoms with Crippen molar-refractivity contribution < 1.29 is 22.7 Å². The number of hydrogen-bond acceptors (Lipinski definition) is 4. The number of carbonyl (C=O) groups is 1. The Labute approximate surface area is 163 Å². The fourth-order valence-electron chi connectivity index (χ4n) is 2.24. The van der Waals surface area contributed by atoms with Crippen LogP contribution in [0, 0.1) is 5.82 Å². The predicted molar refractivity (Wildman–Crippen MR) is 103 cm³/mol. The molecule has 0 radical (unpaired) electrons. The molecule has 0 fully saturated rings. The molecule has 1 heterocycles. The molecule has 8 heteroatoms. The Hall–Kier alpha value is -3.13. The minimum atomic E-state index is -2.53. The van der Waals surface area contributed by atoms with E-state index in [2.05, 4.69) is 10.3 Å². The first kappa shape index (κ1) is 19.6. The lowest BCUT2D eigenvalue weighted by atomic mass is 10.2. The zero-order chi connectivity index (χ0) is 19.9. The van der Waals surface area contributed by atoms with Crippen molar-refractivity contribution >= 4 is 28.5 Å². The van der Waals surface area contributed by atoms with Crippen LogP contribution in [0.25, 0.3) is 17.3 Å². The highest BCUT2D eigenvalue weighted by Gasteiger charge is 2.07. The average Bonchev–Trinajstić information content (AvgIpc) is 3.14. The summed E-state index contributed by atoms with van der Waals surface area (Å²) in [6.45, 7) is -0.661. The van der Waals surface area contributed by atoms with Crippen molar-refractivity contribution in [3.05, 3.63) is 71.4 Å². The van der Waals surface area contributed by atoms with Gasteiger partial charge in [-0.05, 0) is 48.0 Å². The van der Waals surface area contributed by atoms with E-state index in [0.717, 1.165) is 5.56 Å². The number of carbonyl (C=O) groups excluding carboxylic acids is 1. The van der Waals surface area contributed by atoms with E-state index in [-0.39, 0.29) is 11.7 Å². The second-order valence-corrected chi connectivity index (χ2v) is 6.50. The Morgan fingerprint density at radius 1 is 1.14 bits per heavy atom. The maximum absolute atomic E-state index is 13.0. The number of nitrogens with zero attached hydrogens (tertiary/aromatic N) is 1. The number of ether oxygens (including phenoxy) is 1. The largest absolute Gasteiger partial charge is 0.488 e. The third-order valence-corrected chi connectivity index (χ3v) is 4.32. The van der Waals surface area contributed by atoms with Gasteiger partial charge in [0.1, 0.15) is 18.2 Å². The van der Waals surface area contributed by atoms with Crippen LogP contribution in [0.3, 0.4) is 0 Å². The first-order valence-electron chi connectivity index (χ1n) is 8.21. The Bertz CT molecular complexity index is 954. The molecule has 0 aliphatic heterocycles. The highest BCUT2D eigenvalue weighted by atomic mass is 32.1. The highest BCUT2D eigenvalue weighted by molar-refractivity contribution is 7.14. The summed E-state index contributed by atoms with van der Waals surface area (Å²) in [5.74, 6) is -0.359. The van der Waals surface area contributed by atoms with Crippen LogP contribution in [0.2, 0.25) is 0 Å². The van der Waals surface area contributed by atoms with E-state index in [4.69, 9.17) is 4.74 Å². The van der Waals surface area contributed by atoms with Gasteiger partial charge in [-0.1, -0.05) is 12.1 Å². The molecule has 4 nitrogen and oxygen atoms in total. The standard InChI is InChI=1S/C20H15F3N2O2S/c21-15-6-4-14(5-7-15)17-12-28-20(24-17)25-19(26)10-3-13-1-8-16(9-2-13)27-11-18(22)23/h1-10,12,18H,11H2,(H,24,25,26). The van der Waals surface area contributed by atoms with E-state index < -0.39 is 13.0 Å². The molecule has 0 unspecified atom stereocenters. The molecule has 0 spiro atoms. The molecule has 3 aromatic rings. The normalized spacial score (nSPS) is 11.1. The molecule has 0 saturated carbocycles. The van der Waals surface area contributed by atoms with Gasteiger partial charge in [0, 0.05) is 17.0 Å². The van der Waals surface area contributed by atoms with Crippen molar-refractivity contribution in [3.63, 3.8) is 0 Å². The van der Waals surface area contributed by atoms with Crippen molar-refractivity contribution in [2.45, 2.75) is 6.43 Å². The number of anilines is 1. The number of benzene rings is 2. The van der Waals surface area contributed by atoms with Gasteiger partial charge in [-0.25, -0.2) is 18.2 Å². The zero-order valence-corrected chi connectivity index (χ0v) is 15.3. The van der Waals surface area contributed by atoms with Crippen LogP contribution in [-0.4, -0.2) is 23.9 Å². The van der Waals surface area contributed by atoms with E-state index in [0.29, 0.717) is 22.1 Å². The number of alkyl halides is 2. The van der Waals surface area contributed by atoms with Crippen molar-refractivity contribution in [3.8, 4) is 17.0 Å². The zero-order valence-electron chi connectivity index (χ0n) is 14.4. The van der Waals surface area contributed by atoms with Crippen LogP contribution in [-0.2, 0) is 4.79 Å². The smallest absolute Gasteiger partial charge is 0.272 e. The van der Waals surface area contributed by atoms with Crippen LogP contribution in [0.5, 0.6) is 5.75 Å². The lowest BCUT2D eigenvalue weighted by Crippen LogP contribution is -2.07. The van der Waals surface area contributed by atoms with Crippen LogP contribution in [0.4, 0.5) is 18.3 Å². The third kappa shape index (κ3) is 5.68. The van der Waals surface area contributed by atoms with E-state index >= 15 is 0 Å². The van der Waals surface area contributed by atoms with E-state index in [1.807, 2.05) is 0 Å². The minimum absolute atomic E-state index is 0.328. The molecule has 2 aromatic carbocycles. The number of halogens is 3. The third-order valence-electron chi connectivity index (χ3n) is 3.56. The fraction of sp³-hybridized carbons (Fsp3) is 0.100. The van der Waals surface area contributed by atoms with Gasteiger partial charge in [0.05, 0.1) is 5.69 Å². The maximum atomic E-state index is 13.0. The molecule has 3 rings (SSSR count). The molecule has 0 aliphatic rings. The Balaban J connectivity index is 1.56. The summed E-state index contributed by atoms with van der Waals surface area (Å²) in [4.78, 5) is 16.3. The predicted octanol–water partition coefficient (Wildman–Crippen LogP) is 5.25. The van der Waals surface area contributed by atoms with E-state index in [1.165, 1.54) is 29.5 Å². The van der Waals surface area contributed by atoms with Gasteiger partial charge >= 0.3 is 0 Å². The topological polar surface area (TPSA) is 51.2 Å². The lowest BCUT2D eigenvalue weighted by Gasteiger charge is -2.05. The summed E-state index contributed by atoms with van der Waals surface area (Å²) in [5, 5.41) is 4.85. The quantitative estimate of drug-likeness (QED) is 0.548. The Kier molecular flexibility index (Phi) is 6.44. The van der Waals surface area contributed by atoms with E-state index in [1.54, 1.807) is 47.9 Å². The van der Waals surface area contributed by atoms with Gasteiger partial charge in [0.15, 0.2) is 5.13 Å². The molecule has 0 atom stereocenters. The molecular weight excluding hydrogens is 389 g/mol. The number of amides is 1. The Morgan fingerprint density at radius 2 is 1.86 bits per heavy atom. The SMILES string of the molecule is O=C(C=Cc1ccc(OCC(F)F)cc1)Nc1nc(-c2ccc(F)cc2)cs1. The molecule has 144 valence electrons. The average molecular weight is 404 g/mol. The monoisotopic (exact) mass is 404 g/mol. The highest BCUT2D eigenvalue weighted by Crippen LogP contribution is 2.25. The molecule has 1 aromatic heterocycles. The number of hydrogen-bond donors (Lipinski definition) is 1. The molecule has 1 amide bonds. The molecule has 1 N–H and O–H groups in total. The summed E-state index contributed by atoms with van der Waals surface area (Å²) in [6, 6.07) is 12.3. The van der Waals surface area contributed by atoms with Crippen LogP contribution >= 0.6 is 11.3 Å². The van der Waals surface area contributed by atoms with Gasteiger partial charge in [-0.3, -0.25) is 10.1 Å². The molecule has 0 saturated heterocycles. The number of thiazole rings is 1. The summed E-state index contributed by atoms with van der Waals surface area (Å²) in [5.41, 5.74) is 2.11. The van der Waals surface area contributed by atoms with Gasteiger partial charge in [0.2, 0.25) is 5.91 Å².